The first-order valence-electron chi connectivity index (χ1n) is 10.8. The van der Waals surface area contributed by atoms with Crippen molar-refractivity contribution in [2.24, 2.45) is 0 Å². The first kappa shape index (κ1) is 20.5. The number of amides is 1. The third-order valence-corrected chi connectivity index (χ3v) is 6.81. The van der Waals surface area contributed by atoms with E-state index in [1.54, 1.807) is 11.3 Å². The zero-order chi connectivity index (χ0) is 22.2. The molecule has 1 aliphatic carbocycles. The van der Waals surface area contributed by atoms with Crippen LogP contribution in [0.3, 0.4) is 0 Å². The summed E-state index contributed by atoms with van der Waals surface area (Å²) in [5, 5.41) is 10.4. The normalized spacial score (nSPS) is 18.4. The average Bonchev–Trinajstić information content (AvgIpc) is 3.46. The van der Waals surface area contributed by atoms with Gasteiger partial charge in [-0.2, -0.15) is 11.3 Å². The van der Waals surface area contributed by atoms with Crippen LogP contribution in [0.25, 0.3) is 11.3 Å². The molecule has 2 aromatic heterocycles. The van der Waals surface area contributed by atoms with Gasteiger partial charge in [-0.25, -0.2) is 0 Å². The van der Waals surface area contributed by atoms with Crippen LogP contribution in [0, 0.1) is 6.92 Å². The molecule has 5 nitrogen and oxygen atoms in total. The summed E-state index contributed by atoms with van der Waals surface area (Å²) in [6.07, 6.45) is 2.09. The van der Waals surface area contributed by atoms with Crippen molar-refractivity contribution < 1.29 is 14.0 Å². The molecular formula is C26H24N2O3S. The lowest BCUT2D eigenvalue weighted by atomic mass is 9.77. The zero-order valence-electron chi connectivity index (χ0n) is 18.0. The van der Waals surface area contributed by atoms with Crippen molar-refractivity contribution in [3.05, 3.63) is 87.1 Å². The predicted octanol–water partition coefficient (Wildman–Crippen LogP) is 5.92. The lowest BCUT2D eigenvalue weighted by Crippen LogP contribution is -2.35. The molecule has 5 rings (SSSR count). The van der Waals surface area contributed by atoms with E-state index < -0.39 is 5.92 Å². The number of furan rings is 1. The Bertz CT molecular complexity index is 1260. The Hall–Kier alpha value is -3.38. The molecule has 162 valence electrons. The van der Waals surface area contributed by atoms with E-state index in [0.29, 0.717) is 23.3 Å². The van der Waals surface area contributed by atoms with E-state index >= 15 is 0 Å². The van der Waals surface area contributed by atoms with E-state index in [4.69, 9.17) is 4.42 Å². The fourth-order valence-corrected chi connectivity index (χ4v) is 5.18. The minimum Gasteiger partial charge on any atom is -0.460 e. The maximum Gasteiger partial charge on any atom is 0.254 e. The molecule has 0 radical (unpaired) electrons. The average molecular weight is 445 g/mol. The Morgan fingerprint density at radius 2 is 1.97 bits per heavy atom. The van der Waals surface area contributed by atoms with E-state index in [1.165, 1.54) is 0 Å². The summed E-state index contributed by atoms with van der Waals surface area (Å²) in [5.41, 5.74) is 5.56. The Morgan fingerprint density at radius 3 is 2.75 bits per heavy atom. The number of aryl methyl sites for hydroxylation is 1. The highest BCUT2D eigenvalue weighted by molar-refractivity contribution is 7.08. The summed E-state index contributed by atoms with van der Waals surface area (Å²) in [4.78, 5) is 26.6. The molecule has 0 saturated carbocycles. The first-order valence-corrected chi connectivity index (χ1v) is 11.7. The lowest BCUT2D eigenvalue weighted by molar-refractivity contribution is -0.116. The van der Waals surface area contributed by atoms with Crippen LogP contribution in [0.4, 0.5) is 5.69 Å². The molecule has 3 aromatic rings. The number of carbonyl (C=O) groups is 2. The third kappa shape index (κ3) is 3.60. The van der Waals surface area contributed by atoms with Crippen molar-refractivity contribution in [3.8, 4) is 11.3 Å². The van der Waals surface area contributed by atoms with Crippen LogP contribution in [0.5, 0.6) is 0 Å². The fourth-order valence-electron chi connectivity index (χ4n) is 4.54. The molecular weight excluding hydrogens is 420 g/mol. The summed E-state index contributed by atoms with van der Waals surface area (Å²) >= 11 is 1.60. The lowest BCUT2D eigenvalue weighted by Gasteiger charge is -2.33. The van der Waals surface area contributed by atoms with Gasteiger partial charge in [0.1, 0.15) is 11.5 Å². The monoisotopic (exact) mass is 444 g/mol. The van der Waals surface area contributed by atoms with Gasteiger partial charge in [-0.05, 0) is 61.9 Å². The largest absolute Gasteiger partial charge is 0.460 e. The van der Waals surface area contributed by atoms with Crippen LogP contribution >= 0.6 is 11.3 Å². The van der Waals surface area contributed by atoms with Gasteiger partial charge in [-0.1, -0.05) is 18.2 Å². The number of benzene rings is 1. The molecule has 0 saturated heterocycles. The maximum absolute atomic E-state index is 13.5. The standard InChI is InChI=1S/C26H24N2O3S/c1-15-6-3-4-7-18(15)28-26(30)23-16(2)27-19-8-5-9-20(29)24(19)25(23)22-11-10-21(31-22)17-12-13-32-14-17/h3-4,6-7,10-14,25,27H,5,8-9H2,1-2H3,(H,28,30). The summed E-state index contributed by atoms with van der Waals surface area (Å²) in [6, 6.07) is 13.5. The topological polar surface area (TPSA) is 71.3 Å². The van der Waals surface area contributed by atoms with Crippen molar-refractivity contribution in [1.82, 2.24) is 5.32 Å². The quantitative estimate of drug-likeness (QED) is 0.524. The number of ketones is 1. The van der Waals surface area contributed by atoms with Crippen molar-refractivity contribution in [1.29, 1.82) is 0 Å². The number of hydrogen-bond acceptors (Lipinski definition) is 5. The first-order chi connectivity index (χ1) is 15.5. The van der Waals surface area contributed by atoms with E-state index in [1.807, 2.05) is 67.1 Å². The second-order valence-corrected chi connectivity index (χ2v) is 9.03. The van der Waals surface area contributed by atoms with Crippen molar-refractivity contribution in [3.63, 3.8) is 0 Å². The minimum absolute atomic E-state index is 0.0749. The van der Waals surface area contributed by atoms with Crippen LogP contribution in [0.2, 0.25) is 0 Å². The molecule has 3 heterocycles. The number of Topliss-reactive ketones (excluding diaryl/α,β-unsaturated/α-hetero) is 1. The number of dihydropyridines is 1. The number of para-hydroxylation sites is 1. The van der Waals surface area contributed by atoms with Crippen LogP contribution in [-0.4, -0.2) is 11.7 Å². The maximum atomic E-state index is 13.5. The number of thiophene rings is 1. The highest BCUT2D eigenvalue weighted by atomic mass is 32.1. The Kier molecular flexibility index (Phi) is 5.31. The highest BCUT2D eigenvalue weighted by Gasteiger charge is 2.40. The summed E-state index contributed by atoms with van der Waals surface area (Å²) in [5.74, 6) is 0.667. The number of hydrogen-bond donors (Lipinski definition) is 2. The van der Waals surface area contributed by atoms with Gasteiger partial charge in [-0.15, -0.1) is 0 Å². The van der Waals surface area contributed by atoms with E-state index in [-0.39, 0.29) is 11.7 Å². The molecule has 0 fully saturated rings. The second kappa shape index (κ2) is 8.28. The Balaban J connectivity index is 1.59. The van der Waals surface area contributed by atoms with Gasteiger partial charge in [0, 0.05) is 40.0 Å². The number of allylic oxidation sites excluding steroid dienone is 3. The molecule has 1 aromatic carbocycles. The summed E-state index contributed by atoms with van der Waals surface area (Å²) < 4.78 is 6.25. The van der Waals surface area contributed by atoms with Gasteiger partial charge in [-0.3, -0.25) is 9.59 Å². The molecule has 1 amide bonds. The second-order valence-electron chi connectivity index (χ2n) is 8.25. The molecule has 1 unspecified atom stereocenters. The summed E-state index contributed by atoms with van der Waals surface area (Å²) in [6.45, 7) is 3.85. The van der Waals surface area contributed by atoms with Crippen molar-refractivity contribution in [2.75, 3.05) is 5.32 Å². The molecule has 0 bridgehead atoms. The van der Waals surface area contributed by atoms with Gasteiger partial charge in [0.25, 0.3) is 5.91 Å². The molecule has 1 atom stereocenters. The number of rotatable bonds is 4. The molecule has 32 heavy (non-hydrogen) atoms. The van der Waals surface area contributed by atoms with Crippen LogP contribution in [0.15, 0.2) is 80.2 Å². The van der Waals surface area contributed by atoms with Crippen molar-refractivity contribution >= 4 is 28.7 Å². The molecule has 1 aliphatic heterocycles. The van der Waals surface area contributed by atoms with Gasteiger partial charge in [0.05, 0.1) is 11.5 Å². The zero-order valence-corrected chi connectivity index (χ0v) is 18.8. The third-order valence-electron chi connectivity index (χ3n) is 6.13. The Labute approximate surface area is 190 Å². The van der Waals surface area contributed by atoms with Crippen LogP contribution < -0.4 is 10.6 Å². The van der Waals surface area contributed by atoms with Crippen LogP contribution in [-0.2, 0) is 9.59 Å². The Morgan fingerprint density at radius 1 is 1.12 bits per heavy atom. The number of carbonyl (C=O) groups excluding carboxylic acids is 2. The smallest absolute Gasteiger partial charge is 0.254 e. The van der Waals surface area contributed by atoms with Crippen molar-refractivity contribution in [2.45, 2.75) is 39.0 Å². The molecule has 2 N–H and O–H groups in total. The molecule has 2 aliphatic rings. The molecule has 0 spiro atoms. The number of nitrogens with one attached hydrogen (secondary N) is 2. The van der Waals surface area contributed by atoms with Gasteiger partial charge >= 0.3 is 0 Å². The van der Waals surface area contributed by atoms with Gasteiger partial charge < -0.3 is 15.1 Å². The summed E-state index contributed by atoms with van der Waals surface area (Å²) in [7, 11) is 0. The highest BCUT2D eigenvalue weighted by Crippen LogP contribution is 2.44. The molecule has 6 heteroatoms. The van der Waals surface area contributed by atoms with Gasteiger partial charge in [0.2, 0.25) is 0 Å². The number of anilines is 1. The van der Waals surface area contributed by atoms with E-state index in [9.17, 15) is 9.59 Å². The fraction of sp³-hybridized carbons (Fsp3) is 0.231. The SMILES string of the molecule is CC1=C(C(=O)Nc2ccccc2C)C(c2ccc(-c3ccsc3)o2)C2=C(CCCC2=O)N1. The minimum atomic E-state index is -0.532. The van der Waals surface area contributed by atoms with E-state index in [2.05, 4.69) is 10.6 Å². The predicted molar refractivity (Wildman–Crippen MR) is 126 cm³/mol. The van der Waals surface area contributed by atoms with E-state index in [0.717, 1.165) is 46.8 Å². The van der Waals surface area contributed by atoms with Crippen LogP contribution in [0.1, 0.15) is 43.4 Å². The van der Waals surface area contributed by atoms with Gasteiger partial charge in [0.15, 0.2) is 5.78 Å².